The molecule has 7 nitrogen and oxygen atoms in total. The molecule has 0 aromatic heterocycles. The third kappa shape index (κ3) is 3.31. The Bertz CT molecular complexity index is 1070. The van der Waals surface area contributed by atoms with Crippen LogP contribution in [0.5, 0.6) is 5.75 Å². The zero-order chi connectivity index (χ0) is 21.7. The second-order valence-electron chi connectivity index (χ2n) is 8.46. The van der Waals surface area contributed by atoms with Gasteiger partial charge in [-0.25, -0.2) is 9.82 Å². The Morgan fingerprint density at radius 2 is 1.94 bits per heavy atom. The summed E-state index contributed by atoms with van der Waals surface area (Å²) in [4.78, 5) is 18.8. The predicted molar refractivity (Wildman–Crippen MR) is 119 cm³/mol. The Morgan fingerprint density at radius 3 is 2.71 bits per heavy atom. The fraction of sp³-hybridized carbons (Fsp3) is 0.391. The van der Waals surface area contributed by atoms with E-state index < -0.39 is 6.04 Å². The van der Waals surface area contributed by atoms with E-state index in [1.807, 2.05) is 30.0 Å². The highest BCUT2D eigenvalue weighted by Crippen LogP contribution is 2.45. The first-order valence-electron chi connectivity index (χ1n) is 10.6. The SMILES string of the molecule is C[C@@H]1C(=O)NN=C2COc3cc(-c4ccccc4F)c(N4CCN(C)C[C@@H]4C)cc3N21. The van der Waals surface area contributed by atoms with Gasteiger partial charge in [0.1, 0.15) is 24.2 Å². The Kier molecular flexibility index (Phi) is 4.81. The highest BCUT2D eigenvalue weighted by atomic mass is 19.1. The van der Waals surface area contributed by atoms with Gasteiger partial charge in [-0.2, -0.15) is 5.10 Å². The number of rotatable bonds is 2. The summed E-state index contributed by atoms with van der Waals surface area (Å²) in [5.41, 5.74) is 5.62. The van der Waals surface area contributed by atoms with Gasteiger partial charge in [-0.05, 0) is 39.1 Å². The molecule has 0 unspecified atom stereocenters. The maximum absolute atomic E-state index is 14.8. The molecule has 5 rings (SSSR count). The van der Waals surface area contributed by atoms with Crippen LogP contribution in [0.2, 0.25) is 0 Å². The van der Waals surface area contributed by atoms with E-state index in [9.17, 15) is 9.18 Å². The molecule has 3 heterocycles. The van der Waals surface area contributed by atoms with Crippen LogP contribution in [0.15, 0.2) is 41.5 Å². The van der Waals surface area contributed by atoms with Crippen molar-refractivity contribution in [3.63, 3.8) is 0 Å². The Balaban J connectivity index is 1.70. The molecule has 3 aliphatic heterocycles. The van der Waals surface area contributed by atoms with Gasteiger partial charge in [-0.15, -0.1) is 0 Å². The number of nitrogens with zero attached hydrogens (tertiary/aromatic N) is 4. The summed E-state index contributed by atoms with van der Waals surface area (Å²) >= 11 is 0. The number of amides is 1. The van der Waals surface area contributed by atoms with Crippen LogP contribution >= 0.6 is 0 Å². The lowest BCUT2D eigenvalue weighted by Gasteiger charge is -2.43. The van der Waals surface area contributed by atoms with Gasteiger partial charge in [0.25, 0.3) is 5.91 Å². The number of halogens is 1. The number of anilines is 2. The first-order valence-corrected chi connectivity index (χ1v) is 10.6. The molecule has 162 valence electrons. The fourth-order valence-electron chi connectivity index (χ4n) is 4.69. The molecule has 2 aromatic carbocycles. The molecule has 1 saturated heterocycles. The maximum Gasteiger partial charge on any atom is 0.262 e. The summed E-state index contributed by atoms with van der Waals surface area (Å²) in [6.07, 6.45) is 0. The molecular formula is C23H26FN5O2. The van der Waals surface area contributed by atoms with E-state index in [1.165, 1.54) is 6.07 Å². The monoisotopic (exact) mass is 423 g/mol. The van der Waals surface area contributed by atoms with Gasteiger partial charge in [0.15, 0.2) is 5.84 Å². The number of carbonyl (C=O) groups is 1. The number of piperazine rings is 1. The highest BCUT2D eigenvalue weighted by molar-refractivity contribution is 6.10. The van der Waals surface area contributed by atoms with E-state index in [1.54, 1.807) is 12.1 Å². The summed E-state index contributed by atoms with van der Waals surface area (Å²) in [6, 6.07) is 10.6. The minimum atomic E-state index is -0.410. The van der Waals surface area contributed by atoms with E-state index in [0.29, 0.717) is 17.1 Å². The van der Waals surface area contributed by atoms with Crippen LogP contribution in [0.3, 0.4) is 0 Å². The summed E-state index contributed by atoms with van der Waals surface area (Å²) in [6.45, 7) is 6.94. The molecule has 2 aromatic rings. The lowest BCUT2D eigenvalue weighted by Crippen LogP contribution is -2.55. The maximum atomic E-state index is 14.8. The quantitative estimate of drug-likeness (QED) is 0.805. The third-order valence-corrected chi connectivity index (χ3v) is 6.34. The second kappa shape index (κ2) is 7.53. The molecule has 0 bridgehead atoms. The van der Waals surface area contributed by atoms with Crippen LogP contribution in [0.4, 0.5) is 15.8 Å². The topological polar surface area (TPSA) is 60.4 Å². The van der Waals surface area contributed by atoms with E-state index in [0.717, 1.165) is 36.6 Å². The number of fused-ring (bicyclic) bond motifs is 3. The van der Waals surface area contributed by atoms with Crippen LogP contribution in [0.25, 0.3) is 11.1 Å². The van der Waals surface area contributed by atoms with Crippen LogP contribution < -0.4 is 20.0 Å². The van der Waals surface area contributed by atoms with E-state index in [2.05, 4.69) is 34.3 Å². The summed E-state index contributed by atoms with van der Waals surface area (Å²) in [7, 11) is 2.11. The molecule has 0 radical (unpaired) electrons. The van der Waals surface area contributed by atoms with Crippen molar-refractivity contribution in [2.75, 3.05) is 43.1 Å². The van der Waals surface area contributed by atoms with Crippen molar-refractivity contribution in [3.05, 3.63) is 42.2 Å². The third-order valence-electron chi connectivity index (χ3n) is 6.34. The van der Waals surface area contributed by atoms with Gasteiger partial charge in [0.2, 0.25) is 0 Å². The first kappa shape index (κ1) is 19.8. The van der Waals surface area contributed by atoms with Crippen LogP contribution in [0, 0.1) is 5.82 Å². The molecule has 8 heteroatoms. The highest BCUT2D eigenvalue weighted by Gasteiger charge is 2.37. The first-order chi connectivity index (χ1) is 14.9. The van der Waals surface area contributed by atoms with Gasteiger partial charge >= 0.3 is 0 Å². The van der Waals surface area contributed by atoms with Gasteiger partial charge in [-0.3, -0.25) is 4.79 Å². The number of benzene rings is 2. The number of amidine groups is 1. The number of carbonyl (C=O) groups excluding carboxylic acids is 1. The van der Waals surface area contributed by atoms with E-state index in [4.69, 9.17) is 4.74 Å². The smallest absolute Gasteiger partial charge is 0.262 e. The van der Waals surface area contributed by atoms with Gasteiger partial charge < -0.3 is 19.4 Å². The largest absolute Gasteiger partial charge is 0.483 e. The lowest BCUT2D eigenvalue weighted by molar-refractivity contribution is -0.122. The molecule has 2 atom stereocenters. The Hall–Kier alpha value is -3.13. The molecule has 31 heavy (non-hydrogen) atoms. The zero-order valence-corrected chi connectivity index (χ0v) is 17.9. The minimum Gasteiger partial charge on any atom is -0.483 e. The summed E-state index contributed by atoms with van der Waals surface area (Å²) in [5.74, 6) is 0.860. The van der Waals surface area contributed by atoms with E-state index in [-0.39, 0.29) is 24.4 Å². The number of hydrogen-bond acceptors (Lipinski definition) is 6. The molecular weight excluding hydrogens is 397 g/mol. The van der Waals surface area contributed by atoms with Gasteiger partial charge in [0, 0.05) is 42.5 Å². The molecule has 0 spiro atoms. The molecule has 0 aliphatic carbocycles. The number of ether oxygens (including phenoxy) is 1. The molecule has 1 fully saturated rings. The number of hydrogen-bond donors (Lipinski definition) is 1. The normalized spacial score (nSPS) is 23.5. The van der Waals surface area contributed by atoms with Crippen molar-refractivity contribution in [2.45, 2.75) is 25.9 Å². The van der Waals surface area contributed by atoms with Crippen molar-refractivity contribution in [3.8, 4) is 16.9 Å². The predicted octanol–water partition coefficient (Wildman–Crippen LogP) is 2.66. The minimum absolute atomic E-state index is 0.163. The van der Waals surface area contributed by atoms with Crippen molar-refractivity contribution in [2.24, 2.45) is 5.10 Å². The molecule has 3 aliphatic rings. The van der Waals surface area contributed by atoms with Crippen molar-refractivity contribution in [1.82, 2.24) is 10.3 Å². The average molecular weight is 423 g/mol. The van der Waals surface area contributed by atoms with Crippen molar-refractivity contribution >= 4 is 23.1 Å². The number of hydrazone groups is 1. The molecule has 1 amide bonds. The van der Waals surface area contributed by atoms with Gasteiger partial charge in [0.05, 0.1) is 5.69 Å². The van der Waals surface area contributed by atoms with Crippen LogP contribution in [-0.2, 0) is 4.79 Å². The Labute approximate surface area is 181 Å². The van der Waals surface area contributed by atoms with Crippen LogP contribution in [-0.4, -0.2) is 62.0 Å². The van der Waals surface area contributed by atoms with Crippen molar-refractivity contribution < 1.29 is 13.9 Å². The summed E-state index contributed by atoms with van der Waals surface area (Å²) in [5, 5.41) is 4.18. The number of likely N-dealkylation sites (N-methyl/N-ethyl adjacent to an activating group) is 1. The average Bonchev–Trinajstić information content (AvgIpc) is 2.75. The lowest BCUT2D eigenvalue weighted by atomic mass is 9.98. The Morgan fingerprint density at radius 1 is 1.13 bits per heavy atom. The molecule has 1 N–H and O–H groups in total. The van der Waals surface area contributed by atoms with Crippen LogP contribution in [0.1, 0.15) is 13.8 Å². The second-order valence-corrected chi connectivity index (χ2v) is 8.46. The summed E-state index contributed by atoms with van der Waals surface area (Å²) < 4.78 is 20.8. The van der Waals surface area contributed by atoms with Gasteiger partial charge in [-0.1, -0.05) is 18.2 Å². The molecule has 0 saturated carbocycles. The van der Waals surface area contributed by atoms with Crippen molar-refractivity contribution in [1.29, 1.82) is 0 Å². The zero-order valence-electron chi connectivity index (χ0n) is 17.9. The fourth-order valence-corrected chi connectivity index (χ4v) is 4.69. The van der Waals surface area contributed by atoms with E-state index >= 15 is 0 Å². The number of nitrogens with one attached hydrogen (secondary N) is 1. The standard InChI is InChI=1S/C23H26FN5O2/c1-14-12-27(3)8-9-28(14)19-11-20-21(10-17(19)16-6-4-5-7-18(16)24)31-13-22-25-26-23(30)15(2)29(20)22/h4-7,10-11,14-15H,8-9,12-13H2,1-3H3,(H,26,30)/t14-,15+/m0/s1.